The first-order valence-electron chi connectivity index (χ1n) is 8.67. The molecule has 0 aliphatic heterocycles. The highest BCUT2D eigenvalue weighted by Gasteiger charge is 2.13. The van der Waals surface area contributed by atoms with Crippen LogP contribution in [0.4, 0.5) is 0 Å². The predicted octanol–water partition coefficient (Wildman–Crippen LogP) is 4.14. The molecular formula is C20H21N3O3S. The lowest BCUT2D eigenvalue weighted by Crippen LogP contribution is -2.04. The van der Waals surface area contributed by atoms with Gasteiger partial charge >= 0.3 is 5.97 Å². The minimum atomic E-state index is -0.944. The fraction of sp³-hybridized carbons (Fsp3) is 0.250. The average Bonchev–Trinajstić information content (AvgIpc) is 3.09. The van der Waals surface area contributed by atoms with Crippen molar-refractivity contribution < 1.29 is 14.6 Å². The molecule has 0 radical (unpaired) electrons. The second kappa shape index (κ2) is 8.73. The van der Waals surface area contributed by atoms with Crippen molar-refractivity contribution in [1.29, 1.82) is 0 Å². The largest absolute Gasteiger partial charge is 0.493 e. The molecule has 0 amide bonds. The maximum absolute atomic E-state index is 10.9. The smallest absolute Gasteiger partial charge is 0.335 e. The molecule has 6 nitrogen and oxygen atoms in total. The topological polar surface area (TPSA) is 77.2 Å². The van der Waals surface area contributed by atoms with E-state index in [0.29, 0.717) is 18.1 Å². The summed E-state index contributed by atoms with van der Waals surface area (Å²) in [6.07, 6.45) is 0. The highest BCUT2D eigenvalue weighted by atomic mass is 32.2. The maximum atomic E-state index is 10.9. The van der Waals surface area contributed by atoms with Crippen molar-refractivity contribution in [2.45, 2.75) is 25.5 Å². The van der Waals surface area contributed by atoms with Crippen LogP contribution in [-0.4, -0.2) is 38.2 Å². The molecule has 140 valence electrons. The molecule has 7 heteroatoms. The SMILES string of the molecule is CCn1c(SCCOc2ccc(C(=O)O)cc2)nnc1-c1ccc(C)cc1. The fourth-order valence-corrected chi connectivity index (χ4v) is 3.40. The second-order valence-corrected chi connectivity index (χ2v) is 7.00. The van der Waals surface area contributed by atoms with Gasteiger partial charge in [-0.05, 0) is 38.1 Å². The number of carboxylic acid groups (broad SMARTS) is 1. The van der Waals surface area contributed by atoms with Gasteiger partial charge in [0.2, 0.25) is 0 Å². The van der Waals surface area contributed by atoms with E-state index in [4.69, 9.17) is 9.84 Å². The van der Waals surface area contributed by atoms with Gasteiger partial charge in [0, 0.05) is 17.9 Å². The first-order valence-corrected chi connectivity index (χ1v) is 9.66. The zero-order chi connectivity index (χ0) is 19.2. The number of rotatable bonds is 8. The number of hydrogen-bond acceptors (Lipinski definition) is 5. The minimum absolute atomic E-state index is 0.247. The molecule has 0 bridgehead atoms. The molecule has 0 spiro atoms. The Hall–Kier alpha value is -2.80. The highest BCUT2D eigenvalue weighted by molar-refractivity contribution is 7.99. The molecular weight excluding hydrogens is 362 g/mol. The molecule has 0 saturated carbocycles. The Labute approximate surface area is 162 Å². The molecule has 1 aromatic heterocycles. The van der Waals surface area contributed by atoms with Gasteiger partial charge in [-0.3, -0.25) is 0 Å². The Balaban J connectivity index is 1.58. The van der Waals surface area contributed by atoms with Crippen molar-refractivity contribution in [3.8, 4) is 17.1 Å². The quantitative estimate of drug-likeness (QED) is 0.465. The summed E-state index contributed by atoms with van der Waals surface area (Å²) in [4.78, 5) is 10.9. The maximum Gasteiger partial charge on any atom is 0.335 e. The minimum Gasteiger partial charge on any atom is -0.493 e. The lowest BCUT2D eigenvalue weighted by Gasteiger charge is -2.08. The van der Waals surface area contributed by atoms with Crippen molar-refractivity contribution in [3.63, 3.8) is 0 Å². The first kappa shape index (κ1) is 19.0. The molecule has 0 unspecified atom stereocenters. The van der Waals surface area contributed by atoms with E-state index >= 15 is 0 Å². The van der Waals surface area contributed by atoms with Crippen LogP contribution in [-0.2, 0) is 6.54 Å². The van der Waals surface area contributed by atoms with Crippen molar-refractivity contribution in [2.24, 2.45) is 0 Å². The Bertz CT molecular complexity index is 905. The van der Waals surface area contributed by atoms with Crippen LogP contribution in [0.25, 0.3) is 11.4 Å². The molecule has 0 aliphatic rings. The molecule has 2 aromatic carbocycles. The van der Waals surface area contributed by atoms with Crippen LogP contribution in [0.3, 0.4) is 0 Å². The van der Waals surface area contributed by atoms with E-state index in [0.717, 1.165) is 23.1 Å². The number of ether oxygens (including phenoxy) is 1. The number of carbonyl (C=O) groups is 1. The Morgan fingerprint density at radius 2 is 1.81 bits per heavy atom. The summed E-state index contributed by atoms with van der Waals surface area (Å²) in [6.45, 7) is 5.42. The van der Waals surface area contributed by atoms with E-state index in [1.54, 1.807) is 23.9 Å². The van der Waals surface area contributed by atoms with Crippen LogP contribution in [0.2, 0.25) is 0 Å². The molecule has 3 rings (SSSR count). The molecule has 27 heavy (non-hydrogen) atoms. The monoisotopic (exact) mass is 383 g/mol. The summed E-state index contributed by atoms with van der Waals surface area (Å²) in [6, 6.07) is 14.7. The van der Waals surface area contributed by atoms with Crippen molar-refractivity contribution >= 4 is 17.7 Å². The number of benzene rings is 2. The van der Waals surface area contributed by atoms with Crippen LogP contribution in [0, 0.1) is 6.92 Å². The van der Waals surface area contributed by atoms with Gasteiger partial charge in [0.15, 0.2) is 11.0 Å². The van der Waals surface area contributed by atoms with Gasteiger partial charge in [-0.25, -0.2) is 4.79 Å². The number of aromatic nitrogens is 3. The summed E-state index contributed by atoms with van der Waals surface area (Å²) in [5, 5.41) is 18.4. The molecule has 0 fully saturated rings. The van der Waals surface area contributed by atoms with Gasteiger partial charge in [-0.15, -0.1) is 10.2 Å². The van der Waals surface area contributed by atoms with Gasteiger partial charge in [0.1, 0.15) is 5.75 Å². The van der Waals surface area contributed by atoms with E-state index in [2.05, 4.69) is 52.9 Å². The van der Waals surface area contributed by atoms with Crippen molar-refractivity contribution in [2.75, 3.05) is 12.4 Å². The molecule has 3 aromatic rings. The number of nitrogens with zero attached hydrogens (tertiary/aromatic N) is 3. The second-order valence-electron chi connectivity index (χ2n) is 5.94. The molecule has 1 heterocycles. The summed E-state index contributed by atoms with van der Waals surface area (Å²) in [5.41, 5.74) is 2.51. The summed E-state index contributed by atoms with van der Waals surface area (Å²) in [7, 11) is 0. The lowest BCUT2D eigenvalue weighted by atomic mass is 10.1. The Morgan fingerprint density at radius 3 is 2.44 bits per heavy atom. The van der Waals surface area contributed by atoms with Crippen LogP contribution in [0.5, 0.6) is 5.75 Å². The van der Waals surface area contributed by atoms with Gasteiger partial charge in [0.05, 0.1) is 12.2 Å². The fourth-order valence-electron chi connectivity index (χ4n) is 2.58. The van der Waals surface area contributed by atoms with Gasteiger partial charge < -0.3 is 14.4 Å². The number of carboxylic acids is 1. The molecule has 1 N–H and O–H groups in total. The van der Waals surface area contributed by atoms with Crippen molar-refractivity contribution in [1.82, 2.24) is 14.8 Å². The molecule has 0 aliphatic carbocycles. The van der Waals surface area contributed by atoms with Gasteiger partial charge in [0.25, 0.3) is 0 Å². The molecule has 0 saturated heterocycles. The zero-order valence-electron chi connectivity index (χ0n) is 15.3. The van der Waals surface area contributed by atoms with E-state index in [1.807, 2.05) is 0 Å². The summed E-state index contributed by atoms with van der Waals surface area (Å²) < 4.78 is 7.76. The van der Waals surface area contributed by atoms with Crippen LogP contribution < -0.4 is 4.74 Å². The number of aromatic carboxylic acids is 1. The van der Waals surface area contributed by atoms with Crippen molar-refractivity contribution in [3.05, 3.63) is 59.7 Å². The summed E-state index contributed by atoms with van der Waals surface area (Å²) >= 11 is 1.59. The average molecular weight is 383 g/mol. The van der Waals surface area contributed by atoms with Crippen LogP contribution in [0.15, 0.2) is 53.7 Å². The summed E-state index contributed by atoms with van der Waals surface area (Å²) in [5.74, 6) is 1.29. The van der Waals surface area contributed by atoms with Gasteiger partial charge in [-0.2, -0.15) is 0 Å². The zero-order valence-corrected chi connectivity index (χ0v) is 16.1. The third kappa shape index (κ3) is 4.68. The van der Waals surface area contributed by atoms with E-state index in [9.17, 15) is 4.79 Å². The highest BCUT2D eigenvalue weighted by Crippen LogP contribution is 2.24. The first-order chi connectivity index (χ1) is 13.1. The number of hydrogen-bond donors (Lipinski definition) is 1. The third-order valence-electron chi connectivity index (χ3n) is 4.03. The lowest BCUT2D eigenvalue weighted by molar-refractivity contribution is 0.0697. The number of aryl methyl sites for hydroxylation is 1. The Morgan fingerprint density at radius 1 is 1.11 bits per heavy atom. The van der Waals surface area contributed by atoms with E-state index in [1.165, 1.54) is 17.7 Å². The third-order valence-corrected chi connectivity index (χ3v) is 4.96. The number of thioether (sulfide) groups is 1. The van der Waals surface area contributed by atoms with Crippen LogP contribution >= 0.6 is 11.8 Å². The standard InChI is InChI=1S/C20H21N3O3S/c1-3-23-18(15-6-4-14(2)5-7-15)21-22-20(23)27-13-12-26-17-10-8-16(9-11-17)19(24)25/h4-11H,3,12-13H2,1-2H3,(H,24,25). The predicted molar refractivity (Wildman–Crippen MR) is 105 cm³/mol. The normalized spacial score (nSPS) is 10.7. The van der Waals surface area contributed by atoms with Crippen LogP contribution in [0.1, 0.15) is 22.8 Å². The van der Waals surface area contributed by atoms with E-state index in [-0.39, 0.29) is 5.56 Å². The molecule has 0 atom stereocenters. The van der Waals surface area contributed by atoms with E-state index < -0.39 is 5.97 Å². The Kier molecular flexibility index (Phi) is 6.13. The van der Waals surface area contributed by atoms with Gasteiger partial charge in [-0.1, -0.05) is 41.6 Å².